The molecule has 15 heavy (non-hydrogen) atoms. The van der Waals surface area contributed by atoms with Crippen molar-refractivity contribution in [3.63, 3.8) is 0 Å². The normalized spacial score (nSPS) is 11.9. The summed E-state index contributed by atoms with van der Waals surface area (Å²) >= 11 is 9.19. The maximum absolute atomic E-state index is 5.80. The average molecular weight is 288 g/mol. The third-order valence-corrected chi connectivity index (χ3v) is 2.82. The molecule has 4 heteroatoms. The largest absolute Gasteiger partial charge is 0.365 e. The molecule has 0 aromatic carbocycles. The summed E-state index contributed by atoms with van der Waals surface area (Å²) in [7, 11) is 0. The maximum Gasteiger partial charge on any atom is 0.140 e. The Morgan fingerprint density at radius 3 is 3.00 bits per heavy atom. The van der Waals surface area contributed by atoms with Gasteiger partial charge in [0.15, 0.2) is 0 Å². The van der Waals surface area contributed by atoms with Crippen LogP contribution in [-0.4, -0.2) is 11.0 Å². The number of hydrogen-bond acceptors (Lipinski definition) is 2. The molecule has 80 valence electrons. The van der Waals surface area contributed by atoms with Crippen LogP contribution in [0.15, 0.2) is 16.7 Å². The molecule has 1 aromatic rings. The first-order valence-electron chi connectivity index (χ1n) is 4.68. The van der Waals surface area contributed by atoms with E-state index in [9.17, 15) is 0 Å². The maximum atomic E-state index is 5.80. The number of terminal acetylenes is 1. The van der Waals surface area contributed by atoms with E-state index in [-0.39, 0.29) is 6.04 Å². The lowest BCUT2D eigenvalue weighted by Crippen LogP contribution is -2.18. The highest BCUT2D eigenvalue weighted by Crippen LogP contribution is 2.24. The summed E-state index contributed by atoms with van der Waals surface area (Å²) in [5.74, 6) is 3.42. The Balaban J connectivity index is 2.75. The van der Waals surface area contributed by atoms with E-state index < -0.39 is 0 Å². The molecule has 0 saturated heterocycles. The second-order valence-corrected chi connectivity index (χ2v) is 4.43. The second-order valence-electron chi connectivity index (χ2n) is 3.14. The van der Waals surface area contributed by atoms with Crippen molar-refractivity contribution in [3.8, 4) is 12.3 Å². The first-order chi connectivity index (χ1) is 7.17. The number of halogens is 2. The average Bonchev–Trinajstić information content (AvgIpc) is 2.21. The second kappa shape index (κ2) is 5.99. The molecule has 0 radical (unpaired) electrons. The first kappa shape index (κ1) is 12.4. The standard InChI is InChI=1S/C11H12BrClN2/c1-3-5-9(4-2)15-11-10(12)6-8(13)7-14-11/h1,6-7,9H,4-5H2,2H3,(H,14,15). The highest BCUT2D eigenvalue weighted by atomic mass is 79.9. The van der Waals surface area contributed by atoms with Crippen molar-refractivity contribution in [3.05, 3.63) is 21.8 Å². The van der Waals surface area contributed by atoms with Gasteiger partial charge in [-0.15, -0.1) is 12.3 Å². The molecule has 0 aliphatic carbocycles. The Morgan fingerprint density at radius 2 is 2.47 bits per heavy atom. The number of anilines is 1. The fourth-order valence-electron chi connectivity index (χ4n) is 1.15. The highest BCUT2D eigenvalue weighted by Gasteiger charge is 2.08. The molecular formula is C11H12BrClN2. The molecule has 1 atom stereocenters. The molecule has 0 bridgehead atoms. The monoisotopic (exact) mass is 286 g/mol. The quantitative estimate of drug-likeness (QED) is 0.854. The summed E-state index contributed by atoms with van der Waals surface area (Å²) in [5.41, 5.74) is 0. The van der Waals surface area contributed by atoms with Gasteiger partial charge in [0.1, 0.15) is 5.82 Å². The van der Waals surface area contributed by atoms with Crippen LogP contribution in [0.4, 0.5) is 5.82 Å². The van der Waals surface area contributed by atoms with Crippen LogP contribution < -0.4 is 5.32 Å². The third kappa shape index (κ3) is 3.73. The fraction of sp³-hybridized carbons (Fsp3) is 0.364. The van der Waals surface area contributed by atoms with Crippen molar-refractivity contribution < 1.29 is 0 Å². The number of nitrogens with zero attached hydrogens (tertiary/aromatic N) is 1. The van der Waals surface area contributed by atoms with Gasteiger partial charge in [0.05, 0.1) is 9.50 Å². The Kier molecular flexibility index (Phi) is 4.93. The molecule has 0 fully saturated rings. The SMILES string of the molecule is C#CCC(CC)Nc1ncc(Cl)cc1Br. The van der Waals surface area contributed by atoms with Gasteiger partial charge in [-0.3, -0.25) is 0 Å². The minimum Gasteiger partial charge on any atom is -0.365 e. The van der Waals surface area contributed by atoms with Gasteiger partial charge >= 0.3 is 0 Å². The minimum atomic E-state index is 0.250. The molecule has 1 unspecified atom stereocenters. The summed E-state index contributed by atoms with van der Waals surface area (Å²) in [4.78, 5) is 4.19. The summed E-state index contributed by atoms with van der Waals surface area (Å²) in [6, 6.07) is 2.06. The van der Waals surface area contributed by atoms with Gasteiger partial charge in [-0.05, 0) is 28.4 Å². The van der Waals surface area contributed by atoms with Crippen molar-refractivity contribution in [1.82, 2.24) is 4.98 Å². The summed E-state index contributed by atoms with van der Waals surface area (Å²) in [6.07, 6.45) is 8.53. The molecule has 1 rings (SSSR count). The molecule has 0 amide bonds. The van der Waals surface area contributed by atoms with Crippen LogP contribution in [0.1, 0.15) is 19.8 Å². The zero-order chi connectivity index (χ0) is 11.3. The van der Waals surface area contributed by atoms with Crippen molar-refractivity contribution in [1.29, 1.82) is 0 Å². The van der Waals surface area contributed by atoms with Crippen LogP contribution in [0, 0.1) is 12.3 Å². The lowest BCUT2D eigenvalue weighted by atomic mass is 10.1. The minimum absolute atomic E-state index is 0.250. The zero-order valence-corrected chi connectivity index (χ0v) is 10.8. The van der Waals surface area contributed by atoms with E-state index >= 15 is 0 Å². The molecule has 1 N–H and O–H groups in total. The van der Waals surface area contributed by atoms with E-state index in [1.54, 1.807) is 12.3 Å². The predicted molar refractivity (Wildman–Crippen MR) is 68.1 cm³/mol. The summed E-state index contributed by atoms with van der Waals surface area (Å²) in [5, 5.41) is 3.87. The Bertz CT molecular complexity index is 373. The van der Waals surface area contributed by atoms with E-state index in [0.717, 1.165) is 16.7 Å². The number of rotatable bonds is 4. The van der Waals surface area contributed by atoms with E-state index in [1.807, 2.05) is 0 Å². The van der Waals surface area contributed by atoms with Gasteiger partial charge in [0.2, 0.25) is 0 Å². The molecule has 1 aromatic heterocycles. The fourth-order valence-corrected chi connectivity index (χ4v) is 1.91. The van der Waals surface area contributed by atoms with Crippen molar-refractivity contribution >= 4 is 33.3 Å². The van der Waals surface area contributed by atoms with Crippen molar-refractivity contribution in [2.45, 2.75) is 25.8 Å². The zero-order valence-electron chi connectivity index (χ0n) is 8.43. The molecule has 0 spiro atoms. The Hall–Kier alpha value is -0.720. The topological polar surface area (TPSA) is 24.9 Å². The van der Waals surface area contributed by atoms with Crippen LogP contribution in [0.5, 0.6) is 0 Å². The van der Waals surface area contributed by atoms with Crippen LogP contribution in [0.2, 0.25) is 5.02 Å². The van der Waals surface area contributed by atoms with Crippen LogP contribution in [0.3, 0.4) is 0 Å². The molecule has 0 aliphatic heterocycles. The number of nitrogens with one attached hydrogen (secondary N) is 1. The lowest BCUT2D eigenvalue weighted by Gasteiger charge is -2.15. The Morgan fingerprint density at radius 1 is 1.73 bits per heavy atom. The Labute approximate surface area is 104 Å². The van der Waals surface area contributed by atoms with Gasteiger partial charge in [-0.2, -0.15) is 0 Å². The van der Waals surface area contributed by atoms with Crippen LogP contribution in [-0.2, 0) is 0 Å². The highest BCUT2D eigenvalue weighted by molar-refractivity contribution is 9.10. The van der Waals surface area contributed by atoms with Crippen LogP contribution >= 0.6 is 27.5 Å². The lowest BCUT2D eigenvalue weighted by molar-refractivity contribution is 0.711. The molecule has 2 nitrogen and oxygen atoms in total. The van der Waals surface area contributed by atoms with E-state index in [2.05, 4.69) is 39.1 Å². The van der Waals surface area contributed by atoms with Gasteiger partial charge in [0.25, 0.3) is 0 Å². The van der Waals surface area contributed by atoms with Gasteiger partial charge < -0.3 is 5.32 Å². The van der Waals surface area contributed by atoms with Crippen LogP contribution in [0.25, 0.3) is 0 Å². The molecule has 1 heterocycles. The molecule has 0 saturated carbocycles. The van der Waals surface area contributed by atoms with Crippen molar-refractivity contribution in [2.75, 3.05) is 5.32 Å². The molecule has 0 aliphatic rings. The smallest absolute Gasteiger partial charge is 0.140 e. The summed E-state index contributed by atoms with van der Waals surface area (Å²) < 4.78 is 0.852. The van der Waals surface area contributed by atoms with Crippen molar-refractivity contribution in [2.24, 2.45) is 0 Å². The molecular weight excluding hydrogens is 275 g/mol. The number of aromatic nitrogens is 1. The van der Waals surface area contributed by atoms with E-state index in [4.69, 9.17) is 18.0 Å². The first-order valence-corrected chi connectivity index (χ1v) is 5.85. The van der Waals surface area contributed by atoms with E-state index in [0.29, 0.717) is 11.4 Å². The third-order valence-electron chi connectivity index (χ3n) is 2.01. The predicted octanol–water partition coefficient (Wildman–Crippen LogP) is 3.71. The van der Waals surface area contributed by atoms with Gasteiger partial charge in [-0.25, -0.2) is 4.98 Å². The number of hydrogen-bond donors (Lipinski definition) is 1. The van der Waals surface area contributed by atoms with E-state index in [1.165, 1.54) is 0 Å². The summed E-state index contributed by atoms with van der Waals surface area (Å²) in [6.45, 7) is 2.08. The number of pyridine rings is 1. The van der Waals surface area contributed by atoms with Gasteiger partial charge in [0, 0.05) is 18.7 Å². The van der Waals surface area contributed by atoms with Gasteiger partial charge in [-0.1, -0.05) is 18.5 Å².